The number of ether oxygens (including phenoxy) is 1. The number of hydrogen-bond acceptors (Lipinski definition) is 5. The first-order valence-electron chi connectivity index (χ1n) is 9.37. The van der Waals surface area contributed by atoms with Crippen molar-refractivity contribution >= 4 is 50.7 Å². The number of sulfonamides is 1. The maximum Gasteiger partial charge on any atom is 0.262 e. The second-order valence-corrected chi connectivity index (χ2v) is 9.21. The lowest BCUT2D eigenvalue weighted by Crippen LogP contribution is -2.30. The van der Waals surface area contributed by atoms with E-state index in [0.29, 0.717) is 35.3 Å². The summed E-state index contributed by atoms with van der Waals surface area (Å²) in [6.07, 6.45) is 3.48. The minimum absolute atomic E-state index is 0.0360. The van der Waals surface area contributed by atoms with E-state index in [-0.39, 0.29) is 16.5 Å². The van der Waals surface area contributed by atoms with Crippen LogP contribution in [0.1, 0.15) is 25.7 Å². The molecule has 1 aliphatic heterocycles. The number of amides is 1. The van der Waals surface area contributed by atoms with Crippen LogP contribution >= 0.6 is 23.2 Å². The van der Waals surface area contributed by atoms with Crippen molar-refractivity contribution in [1.29, 1.82) is 0 Å². The maximum atomic E-state index is 12.7. The van der Waals surface area contributed by atoms with Crippen molar-refractivity contribution in [3.05, 3.63) is 52.5 Å². The number of halogens is 2. The van der Waals surface area contributed by atoms with Crippen LogP contribution in [0.2, 0.25) is 10.0 Å². The molecule has 0 saturated carbocycles. The molecule has 160 valence electrons. The Morgan fingerprint density at radius 2 is 1.93 bits per heavy atom. The highest BCUT2D eigenvalue weighted by Gasteiger charge is 2.18. The van der Waals surface area contributed by atoms with Gasteiger partial charge in [0.1, 0.15) is 11.6 Å². The summed E-state index contributed by atoms with van der Waals surface area (Å²) >= 11 is 11.8. The highest BCUT2D eigenvalue weighted by atomic mass is 35.5. The van der Waals surface area contributed by atoms with Gasteiger partial charge in [0.25, 0.3) is 15.9 Å². The largest absolute Gasteiger partial charge is 0.482 e. The Kier molecular flexibility index (Phi) is 7.58. The van der Waals surface area contributed by atoms with Crippen molar-refractivity contribution in [2.75, 3.05) is 18.5 Å². The van der Waals surface area contributed by atoms with Crippen LogP contribution in [0.25, 0.3) is 0 Å². The fourth-order valence-electron chi connectivity index (χ4n) is 2.85. The molecule has 1 aliphatic rings. The van der Waals surface area contributed by atoms with Gasteiger partial charge in [0.05, 0.1) is 9.92 Å². The first-order valence-corrected chi connectivity index (χ1v) is 11.6. The summed E-state index contributed by atoms with van der Waals surface area (Å²) in [6, 6.07) is 10.7. The molecule has 0 aromatic heterocycles. The van der Waals surface area contributed by atoms with Crippen molar-refractivity contribution in [3.63, 3.8) is 0 Å². The fraction of sp³-hybridized carbons (Fsp3) is 0.300. The Balaban J connectivity index is 1.62. The van der Waals surface area contributed by atoms with Gasteiger partial charge in [-0.05, 0) is 49.2 Å². The van der Waals surface area contributed by atoms with Gasteiger partial charge < -0.3 is 10.1 Å². The molecular formula is C20H21Cl2N3O4S. The second-order valence-electron chi connectivity index (χ2n) is 6.68. The molecular weight excluding hydrogens is 449 g/mol. The summed E-state index contributed by atoms with van der Waals surface area (Å²) in [7, 11) is -3.79. The van der Waals surface area contributed by atoms with Crippen molar-refractivity contribution in [2.24, 2.45) is 4.99 Å². The van der Waals surface area contributed by atoms with E-state index in [1.807, 2.05) is 0 Å². The Labute approximate surface area is 185 Å². The lowest BCUT2D eigenvalue weighted by Gasteiger charge is -2.12. The summed E-state index contributed by atoms with van der Waals surface area (Å²) in [5.74, 6) is 0.327. The first kappa shape index (κ1) is 22.4. The van der Waals surface area contributed by atoms with Crippen molar-refractivity contribution in [3.8, 4) is 5.75 Å². The number of nitrogens with one attached hydrogen (secondary N) is 2. The minimum atomic E-state index is -3.79. The highest BCUT2D eigenvalue weighted by Crippen LogP contribution is 2.27. The summed E-state index contributed by atoms with van der Waals surface area (Å²) in [5, 5.41) is 3.36. The van der Waals surface area contributed by atoms with E-state index in [4.69, 9.17) is 27.9 Å². The molecule has 0 radical (unpaired) electrons. The van der Waals surface area contributed by atoms with Gasteiger partial charge in [-0.25, -0.2) is 8.42 Å². The summed E-state index contributed by atoms with van der Waals surface area (Å²) in [5.41, 5.74) is 0.330. The van der Waals surface area contributed by atoms with Crippen LogP contribution in [0.5, 0.6) is 5.75 Å². The predicted octanol–water partition coefficient (Wildman–Crippen LogP) is 4.26. The third-order valence-electron chi connectivity index (χ3n) is 4.31. The SMILES string of the molecule is O=C(COc1ccc(Cl)cc1Cl)Nc1cccc(S(=O)(=O)NC2=NCCCCC2)c1. The monoisotopic (exact) mass is 469 g/mol. The zero-order valence-corrected chi connectivity index (χ0v) is 18.4. The minimum Gasteiger partial charge on any atom is -0.482 e. The van der Waals surface area contributed by atoms with E-state index in [1.54, 1.807) is 24.3 Å². The lowest BCUT2D eigenvalue weighted by atomic mass is 10.2. The normalized spacial score (nSPS) is 14.4. The Morgan fingerprint density at radius 1 is 1.10 bits per heavy atom. The van der Waals surface area contributed by atoms with E-state index in [1.165, 1.54) is 18.2 Å². The van der Waals surface area contributed by atoms with Crippen LogP contribution in [0.4, 0.5) is 5.69 Å². The molecule has 0 fully saturated rings. The zero-order chi connectivity index (χ0) is 21.6. The number of anilines is 1. The first-order chi connectivity index (χ1) is 14.3. The van der Waals surface area contributed by atoms with Crippen LogP contribution in [-0.4, -0.2) is 33.3 Å². The van der Waals surface area contributed by atoms with E-state index >= 15 is 0 Å². The smallest absolute Gasteiger partial charge is 0.262 e. The summed E-state index contributed by atoms with van der Waals surface area (Å²) < 4.78 is 33.3. The third kappa shape index (κ3) is 6.35. The Morgan fingerprint density at radius 3 is 2.73 bits per heavy atom. The van der Waals surface area contributed by atoms with Gasteiger partial charge in [-0.1, -0.05) is 35.7 Å². The quantitative estimate of drug-likeness (QED) is 0.659. The van der Waals surface area contributed by atoms with Gasteiger partial charge >= 0.3 is 0 Å². The van der Waals surface area contributed by atoms with E-state index < -0.39 is 15.9 Å². The maximum absolute atomic E-state index is 12.7. The average molecular weight is 470 g/mol. The third-order valence-corrected chi connectivity index (χ3v) is 6.22. The molecule has 7 nitrogen and oxygen atoms in total. The predicted molar refractivity (Wildman–Crippen MR) is 118 cm³/mol. The standard InChI is InChI=1S/C20H21Cl2N3O4S/c21-14-8-9-18(17(22)11-14)29-13-20(26)24-15-5-4-6-16(12-15)30(27,28)25-19-7-2-1-3-10-23-19/h4-6,8-9,11-12H,1-3,7,10,13H2,(H,23,25)(H,24,26). The summed E-state index contributed by atoms with van der Waals surface area (Å²) in [6.45, 7) is 0.318. The molecule has 3 rings (SSSR count). The molecule has 2 aromatic carbocycles. The van der Waals surface area contributed by atoms with Gasteiger partial charge in [0.15, 0.2) is 6.61 Å². The number of hydrogen-bond donors (Lipinski definition) is 2. The molecule has 0 spiro atoms. The molecule has 30 heavy (non-hydrogen) atoms. The lowest BCUT2D eigenvalue weighted by molar-refractivity contribution is -0.118. The molecule has 2 aromatic rings. The van der Waals surface area contributed by atoms with Crippen molar-refractivity contribution < 1.29 is 17.9 Å². The number of carbonyl (C=O) groups is 1. The molecule has 10 heteroatoms. The number of aliphatic imine (C=N–C) groups is 1. The average Bonchev–Trinajstić information content (AvgIpc) is 2.96. The molecule has 1 heterocycles. The zero-order valence-electron chi connectivity index (χ0n) is 16.0. The molecule has 0 saturated heterocycles. The Bertz CT molecular complexity index is 1060. The van der Waals surface area contributed by atoms with Crippen LogP contribution in [0, 0.1) is 0 Å². The Hall–Kier alpha value is -2.29. The molecule has 0 unspecified atom stereocenters. The van der Waals surface area contributed by atoms with Gasteiger partial charge in [0.2, 0.25) is 0 Å². The summed E-state index contributed by atoms with van der Waals surface area (Å²) in [4.78, 5) is 16.5. The van der Waals surface area contributed by atoms with E-state index in [2.05, 4.69) is 15.0 Å². The van der Waals surface area contributed by atoms with E-state index in [9.17, 15) is 13.2 Å². The molecule has 1 amide bonds. The van der Waals surface area contributed by atoms with Crippen molar-refractivity contribution in [2.45, 2.75) is 30.6 Å². The van der Waals surface area contributed by atoms with E-state index in [0.717, 1.165) is 19.3 Å². The number of rotatable bonds is 6. The fourth-order valence-corrected chi connectivity index (χ4v) is 4.44. The highest BCUT2D eigenvalue weighted by molar-refractivity contribution is 7.90. The van der Waals surface area contributed by atoms with Gasteiger partial charge in [0, 0.05) is 23.7 Å². The van der Waals surface area contributed by atoms with Gasteiger partial charge in [-0.2, -0.15) is 0 Å². The molecule has 2 N–H and O–H groups in total. The number of carbonyl (C=O) groups excluding carboxylic acids is 1. The number of nitrogens with zero attached hydrogens (tertiary/aromatic N) is 1. The topological polar surface area (TPSA) is 96.9 Å². The number of amidine groups is 1. The van der Waals surface area contributed by atoms with Crippen LogP contribution in [0.15, 0.2) is 52.4 Å². The van der Waals surface area contributed by atoms with Gasteiger partial charge in [-0.15, -0.1) is 0 Å². The second kappa shape index (κ2) is 10.1. The number of benzene rings is 2. The molecule has 0 bridgehead atoms. The molecule has 0 atom stereocenters. The van der Waals surface area contributed by atoms with Crippen molar-refractivity contribution in [1.82, 2.24) is 4.72 Å². The van der Waals surface area contributed by atoms with Crippen LogP contribution in [-0.2, 0) is 14.8 Å². The van der Waals surface area contributed by atoms with Crippen LogP contribution < -0.4 is 14.8 Å². The van der Waals surface area contributed by atoms with Gasteiger partial charge in [-0.3, -0.25) is 14.5 Å². The molecule has 0 aliphatic carbocycles. The van der Waals surface area contributed by atoms with Crippen LogP contribution in [0.3, 0.4) is 0 Å².